The Hall–Kier alpha value is -2.36. The highest BCUT2D eigenvalue weighted by Gasteiger charge is 2.09. The third kappa shape index (κ3) is 1.72. The molecule has 0 unspecified atom stereocenters. The zero-order valence-corrected chi connectivity index (χ0v) is 9.96. The van der Waals surface area contributed by atoms with Crippen molar-refractivity contribution in [1.29, 1.82) is 0 Å². The molecule has 0 amide bonds. The lowest BCUT2D eigenvalue weighted by Crippen LogP contribution is -1.97. The molecule has 0 saturated heterocycles. The van der Waals surface area contributed by atoms with Crippen LogP contribution in [0.4, 0.5) is 0 Å². The SMILES string of the molecule is Cc1cc(Cn2cc(C=O)c3ccccc32)no1. The van der Waals surface area contributed by atoms with Crippen molar-refractivity contribution in [2.45, 2.75) is 13.5 Å². The molecule has 0 fully saturated rings. The molecule has 90 valence electrons. The van der Waals surface area contributed by atoms with Crippen molar-refractivity contribution < 1.29 is 9.32 Å². The van der Waals surface area contributed by atoms with Crippen molar-refractivity contribution in [3.63, 3.8) is 0 Å². The number of rotatable bonds is 3. The maximum atomic E-state index is 11.0. The lowest BCUT2D eigenvalue weighted by Gasteiger charge is -2.01. The van der Waals surface area contributed by atoms with E-state index >= 15 is 0 Å². The normalized spacial score (nSPS) is 10.9. The van der Waals surface area contributed by atoms with Gasteiger partial charge >= 0.3 is 0 Å². The van der Waals surface area contributed by atoms with Gasteiger partial charge in [-0.15, -0.1) is 0 Å². The van der Waals surface area contributed by atoms with Gasteiger partial charge in [0, 0.05) is 28.7 Å². The fourth-order valence-corrected chi connectivity index (χ4v) is 2.17. The lowest BCUT2D eigenvalue weighted by atomic mass is 10.2. The average molecular weight is 240 g/mol. The minimum Gasteiger partial charge on any atom is -0.361 e. The van der Waals surface area contributed by atoms with Crippen LogP contribution in [0.1, 0.15) is 21.8 Å². The van der Waals surface area contributed by atoms with E-state index < -0.39 is 0 Å². The molecule has 0 aliphatic carbocycles. The fourth-order valence-electron chi connectivity index (χ4n) is 2.17. The molecule has 1 aromatic carbocycles. The largest absolute Gasteiger partial charge is 0.361 e. The van der Waals surface area contributed by atoms with Gasteiger partial charge in [0.1, 0.15) is 11.5 Å². The van der Waals surface area contributed by atoms with Crippen LogP contribution in [0.3, 0.4) is 0 Å². The van der Waals surface area contributed by atoms with Crippen LogP contribution in [0.5, 0.6) is 0 Å². The molecule has 0 N–H and O–H groups in total. The second-order valence-electron chi connectivity index (χ2n) is 4.28. The lowest BCUT2D eigenvalue weighted by molar-refractivity contribution is 0.112. The van der Waals surface area contributed by atoms with Gasteiger partial charge in [-0.2, -0.15) is 0 Å². The van der Waals surface area contributed by atoms with Crippen LogP contribution < -0.4 is 0 Å². The zero-order valence-electron chi connectivity index (χ0n) is 9.96. The number of para-hydroxylation sites is 1. The molecule has 18 heavy (non-hydrogen) atoms. The summed E-state index contributed by atoms with van der Waals surface area (Å²) in [7, 11) is 0. The van der Waals surface area contributed by atoms with Crippen LogP contribution in [0.25, 0.3) is 10.9 Å². The molecule has 0 saturated carbocycles. The molecule has 4 nitrogen and oxygen atoms in total. The smallest absolute Gasteiger partial charge is 0.152 e. The third-order valence-electron chi connectivity index (χ3n) is 2.96. The molecule has 4 heteroatoms. The van der Waals surface area contributed by atoms with E-state index in [0.717, 1.165) is 28.6 Å². The molecule has 0 spiro atoms. The number of aldehydes is 1. The first kappa shape index (κ1) is 10.8. The predicted octanol–water partition coefficient (Wildman–Crippen LogP) is 2.80. The van der Waals surface area contributed by atoms with Crippen LogP contribution >= 0.6 is 0 Å². The zero-order chi connectivity index (χ0) is 12.5. The number of fused-ring (bicyclic) bond motifs is 1. The molecule has 2 heterocycles. The Balaban J connectivity index is 2.09. The average Bonchev–Trinajstić information content (AvgIpc) is 2.95. The highest BCUT2D eigenvalue weighted by Crippen LogP contribution is 2.20. The van der Waals surface area contributed by atoms with Gasteiger partial charge in [0.25, 0.3) is 0 Å². The topological polar surface area (TPSA) is 48.0 Å². The van der Waals surface area contributed by atoms with Gasteiger partial charge in [-0.1, -0.05) is 23.4 Å². The first-order chi connectivity index (χ1) is 8.78. The molecule has 2 aromatic heterocycles. The number of carbonyl (C=O) groups excluding carboxylic acids is 1. The Morgan fingerprint density at radius 1 is 1.39 bits per heavy atom. The quantitative estimate of drug-likeness (QED) is 0.661. The van der Waals surface area contributed by atoms with Crippen LogP contribution in [0, 0.1) is 6.92 Å². The molecule has 0 aliphatic rings. The van der Waals surface area contributed by atoms with Crippen molar-refractivity contribution >= 4 is 17.2 Å². The first-order valence-electron chi connectivity index (χ1n) is 5.73. The van der Waals surface area contributed by atoms with E-state index in [1.165, 1.54) is 0 Å². The molecule has 3 rings (SSSR count). The number of hydrogen-bond acceptors (Lipinski definition) is 3. The van der Waals surface area contributed by atoms with Crippen molar-refractivity contribution in [2.24, 2.45) is 0 Å². The van der Waals surface area contributed by atoms with Gasteiger partial charge in [-0.05, 0) is 13.0 Å². The number of benzene rings is 1. The Labute approximate surface area is 104 Å². The van der Waals surface area contributed by atoms with Gasteiger partial charge in [-0.3, -0.25) is 4.79 Å². The summed E-state index contributed by atoms with van der Waals surface area (Å²) >= 11 is 0. The second-order valence-corrected chi connectivity index (χ2v) is 4.28. The highest BCUT2D eigenvalue weighted by molar-refractivity contribution is 5.97. The summed E-state index contributed by atoms with van der Waals surface area (Å²) in [5, 5.41) is 4.93. The predicted molar refractivity (Wildman–Crippen MR) is 67.7 cm³/mol. The molecular weight excluding hydrogens is 228 g/mol. The maximum Gasteiger partial charge on any atom is 0.152 e. The minimum atomic E-state index is 0.603. The van der Waals surface area contributed by atoms with E-state index in [0.29, 0.717) is 12.1 Å². The van der Waals surface area contributed by atoms with E-state index in [1.807, 2.05) is 48.0 Å². The Morgan fingerprint density at radius 3 is 2.94 bits per heavy atom. The van der Waals surface area contributed by atoms with Crippen molar-refractivity contribution in [3.05, 3.63) is 53.5 Å². The van der Waals surface area contributed by atoms with Crippen LogP contribution in [-0.4, -0.2) is 16.0 Å². The van der Waals surface area contributed by atoms with Gasteiger partial charge in [-0.25, -0.2) is 0 Å². The Morgan fingerprint density at radius 2 is 2.22 bits per heavy atom. The third-order valence-corrected chi connectivity index (χ3v) is 2.96. The summed E-state index contributed by atoms with van der Waals surface area (Å²) in [6.45, 7) is 2.47. The van der Waals surface area contributed by atoms with E-state index in [1.54, 1.807) is 0 Å². The number of carbonyl (C=O) groups is 1. The van der Waals surface area contributed by atoms with E-state index in [2.05, 4.69) is 5.16 Å². The molecule has 0 atom stereocenters. The number of aromatic nitrogens is 2. The summed E-state index contributed by atoms with van der Waals surface area (Å²) in [5.74, 6) is 0.789. The summed E-state index contributed by atoms with van der Waals surface area (Å²) in [5.41, 5.74) is 2.58. The number of hydrogen-bond donors (Lipinski definition) is 0. The van der Waals surface area contributed by atoms with Crippen LogP contribution in [0.2, 0.25) is 0 Å². The molecule has 0 bridgehead atoms. The number of nitrogens with zero attached hydrogens (tertiary/aromatic N) is 2. The van der Waals surface area contributed by atoms with Crippen molar-refractivity contribution in [1.82, 2.24) is 9.72 Å². The monoisotopic (exact) mass is 240 g/mol. The summed E-state index contributed by atoms with van der Waals surface area (Å²) in [6.07, 6.45) is 2.73. The van der Waals surface area contributed by atoms with Crippen LogP contribution in [-0.2, 0) is 6.54 Å². The molecule has 0 radical (unpaired) electrons. The maximum absolute atomic E-state index is 11.0. The van der Waals surface area contributed by atoms with Crippen molar-refractivity contribution in [3.8, 4) is 0 Å². The van der Waals surface area contributed by atoms with Crippen molar-refractivity contribution in [2.75, 3.05) is 0 Å². The Bertz CT molecular complexity index is 709. The van der Waals surface area contributed by atoms with Crippen LogP contribution in [0.15, 0.2) is 41.1 Å². The molecular formula is C14H12N2O2. The summed E-state index contributed by atoms with van der Waals surface area (Å²) < 4.78 is 7.06. The highest BCUT2D eigenvalue weighted by atomic mass is 16.5. The standard InChI is InChI=1S/C14H12N2O2/c1-10-6-12(15-18-10)8-16-7-11(9-17)13-4-2-3-5-14(13)16/h2-7,9H,8H2,1H3. The molecule has 0 aliphatic heterocycles. The molecule has 3 aromatic rings. The Kier molecular flexibility index (Phi) is 2.48. The van der Waals surface area contributed by atoms with E-state index in [4.69, 9.17) is 4.52 Å². The first-order valence-corrected chi connectivity index (χ1v) is 5.73. The van der Waals surface area contributed by atoms with E-state index in [9.17, 15) is 4.79 Å². The second kappa shape index (κ2) is 4.14. The van der Waals surface area contributed by atoms with Gasteiger partial charge < -0.3 is 9.09 Å². The minimum absolute atomic E-state index is 0.603. The summed E-state index contributed by atoms with van der Waals surface area (Å²) in [4.78, 5) is 11.0. The van der Waals surface area contributed by atoms with E-state index in [-0.39, 0.29) is 0 Å². The van der Waals surface area contributed by atoms with Gasteiger partial charge in [0.15, 0.2) is 6.29 Å². The summed E-state index contributed by atoms with van der Waals surface area (Å²) in [6, 6.07) is 9.73. The number of aryl methyl sites for hydroxylation is 1. The fraction of sp³-hybridized carbons (Fsp3) is 0.143. The van der Waals surface area contributed by atoms with Gasteiger partial charge in [0.05, 0.1) is 6.54 Å². The van der Waals surface area contributed by atoms with Gasteiger partial charge in [0.2, 0.25) is 0 Å².